The molecule has 0 aliphatic heterocycles. The van der Waals surface area contributed by atoms with Gasteiger partial charge in [-0.1, -0.05) is 32.1 Å². The van der Waals surface area contributed by atoms with Gasteiger partial charge in [-0.3, -0.25) is 9.89 Å². The van der Waals surface area contributed by atoms with E-state index in [9.17, 15) is 4.79 Å². The summed E-state index contributed by atoms with van der Waals surface area (Å²) in [4.78, 5) is 12.8. The van der Waals surface area contributed by atoms with Crippen LogP contribution in [0.1, 0.15) is 62.6 Å². The first-order chi connectivity index (χ1) is 10.8. The van der Waals surface area contributed by atoms with Crippen LogP contribution in [0.15, 0.2) is 6.20 Å². The van der Waals surface area contributed by atoms with E-state index in [1.165, 1.54) is 49.8 Å². The molecule has 3 aliphatic carbocycles. The lowest BCUT2D eigenvalue weighted by molar-refractivity contribution is -0.130. The van der Waals surface area contributed by atoms with Gasteiger partial charge in [-0.2, -0.15) is 5.10 Å². The fraction of sp³-hybridized carbons (Fsp3) is 0.778. The molecule has 1 heterocycles. The van der Waals surface area contributed by atoms with Crippen LogP contribution < -0.4 is 5.32 Å². The largest absolute Gasteiger partial charge is 0.353 e. The highest BCUT2D eigenvalue weighted by molar-refractivity contribution is 5.79. The quantitative estimate of drug-likeness (QED) is 0.882. The number of nitrogens with zero attached hydrogens (tertiary/aromatic N) is 1. The number of H-pyrrole nitrogens is 1. The van der Waals surface area contributed by atoms with Crippen LogP contribution in [-0.2, 0) is 17.6 Å². The van der Waals surface area contributed by atoms with Crippen LogP contribution in [0.2, 0.25) is 0 Å². The van der Waals surface area contributed by atoms with Crippen LogP contribution in [0, 0.1) is 17.8 Å². The van der Waals surface area contributed by atoms with Crippen molar-refractivity contribution in [2.45, 2.75) is 70.3 Å². The molecule has 4 nitrogen and oxygen atoms in total. The number of hydrogen-bond acceptors (Lipinski definition) is 2. The molecule has 2 fully saturated rings. The number of aromatic nitrogens is 2. The van der Waals surface area contributed by atoms with Gasteiger partial charge in [0.05, 0.1) is 6.20 Å². The Balaban J connectivity index is 1.39. The maximum absolute atomic E-state index is 12.8. The third-order valence-corrected chi connectivity index (χ3v) is 6.27. The van der Waals surface area contributed by atoms with Gasteiger partial charge in [0.15, 0.2) is 0 Å². The van der Waals surface area contributed by atoms with Gasteiger partial charge in [-0.15, -0.1) is 0 Å². The molecule has 0 radical (unpaired) electrons. The highest BCUT2D eigenvalue weighted by Crippen LogP contribution is 2.43. The molecule has 4 unspecified atom stereocenters. The van der Waals surface area contributed by atoms with Gasteiger partial charge in [-0.25, -0.2) is 0 Å². The Labute approximate surface area is 132 Å². The van der Waals surface area contributed by atoms with E-state index >= 15 is 0 Å². The molecule has 2 saturated carbocycles. The maximum atomic E-state index is 12.8. The summed E-state index contributed by atoms with van der Waals surface area (Å²) >= 11 is 0. The van der Waals surface area contributed by atoms with Crippen molar-refractivity contribution in [2.24, 2.45) is 17.8 Å². The molecule has 0 aromatic carbocycles. The first-order valence-corrected chi connectivity index (χ1v) is 9.13. The van der Waals surface area contributed by atoms with Crippen LogP contribution >= 0.6 is 0 Å². The number of carbonyl (C=O) groups excluding carboxylic acids is 1. The van der Waals surface area contributed by atoms with E-state index in [2.05, 4.69) is 15.5 Å². The molecular formula is C18H27N3O. The molecule has 4 rings (SSSR count). The Morgan fingerprint density at radius 2 is 2.00 bits per heavy atom. The highest BCUT2D eigenvalue weighted by atomic mass is 16.2. The standard InChI is InChI=1S/C18H27N3O/c22-18(16-7-3-5-12-4-1-2-6-15(12)16)20-14-8-9-17-13(10-14)11-19-21-17/h11-12,14-16H,1-10H2,(H,19,21)(H,20,22). The van der Waals surface area contributed by atoms with Crippen LogP contribution in [0.3, 0.4) is 0 Å². The van der Waals surface area contributed by atoms with Crippen molar-refractivity contribution in [2.75, 3.05) is 0 Å². The number of carbonyl (C=O) groups is 1. The summed E-state index contributed by atoms with van der Waals surface area (Å²) in [6.07, 6.45) is 14.0. The molecule has 22 heavy (non-hydrogen) atoms. The summed E-state index contributed by atoms with van der Waals surface area (Å²) in [7, 11) is 0. The number of fused-ring (bicyclic) bond motifs is 2. The summed E-state index contributed by atoms with van der Waals surface area (Å²) in [5.74, 6) is 2.11. The van der Waals surface area contributed by atoms with Crippen molar-refractivity contribution >= 4 is 5.91 Å². The van der Waals surface area contributed by atoms with E-state index in [-0.39, 0.29) is 5.92 Å². The van der Waals surface area contributed by atoms with E-state index in [1.54, 1.807) is 0 Å². The molecule has 0 saturated heterocycles. The van der Waals surface area contributed by atoms with E-state index in [1.807, 2.05) is 6.20 Å². The fourth-order valence-corrected chi connectivity index (χ4v) is 5.11. The molecule has 0 bridgehead atoms. The Morgan fingerprint density at radius 1 is 1.14 bits per heavy atom. The van der Waals surface area contributed by atoms with Crippen molar-refractivity contribution in [3.63, 3.8) is 0 Å². The molecule has 1 aromatic heterocycles. The van der Waals surface area contributed by atoms with Gasteiger partial charge in [-0.05, 0) is 49.5 Å². The fourth-order valence-electron chi connectivity index (χ4n) is 5.11. The second-order valence-electron chi connectivity index (χ2n) is 7.57. The van der Waals surface area contributed by atoms with E-state index in [0.717, 1.165) is 31.6 Å². The zero-order valence-corrected chi connectivity index (χ0v) is 13.3. The van der Waals surface area contributed by atoms with Crippen LogP contribution in [0.4, 0.5) is 0 Å². The molecule has 4 atom stereocenters. The van der Waals surface area contributed by atoms with Gasteiger partial charge >= 0.3 is 0 Å². The summed E-state index contributed by atoms with van der Waals surface area (Å²) in [5.41, 5.74) is 2.55. The average Bonchev–Trinajstić information content (AvgIpc) is 3.02. The number of hydrogen-bond donors (Lipinski definition) is 2. The molecule has 120 valence electrons. The van der Waals surface area contributed by atoms with Gasteiger partial charge in [0.1, 0.15) is 0 Å². The number of amides is 1. The Kier molecular flexibility index (Phi) is 3.93. The number of rotatable bonds is 2. The summed E-state index contributed by atoms with van der Waals surface area (Å²) in [6.45, 7) is 0. The highest BCUT2D eigenvalue weighted by Gasteiger charge is 2.39. The maximum Gasteiger partial charge on any atom is 0.223 e. The first-order valence-electron chi connectivity index (χ1n) is 9.13. The minimum Gasteiger partial charge on any atom is -0.353 e. The third kappa shape index (κ3) is 2.68. The van der Waals surface area contributed by atoms with Gasteiger partial charge < -0.3 is 5.32 Å². The zero-order valence-electron chi connectivity index (χ0n) is 13.3. The average molecular weight is 301 g/mol. The molecule has 1 amide bonds. The second-order valence-corrected chi connectivity index (χ2v) is 7.57. The van der Waals surface area contributed by atoms with Gasteiger partial charge in [0, 0.05) is 17.7 Å². The summed E-state index contributed by atoms with van der Waals surface area (Å²) in [6, 6.07) is 0.307. The third-order valence-electron chi connectivity index (χ3n) is 6.27. The molecule has 3 aliphatic rings. The van der Waals surface area contributed by atoms with Crippen LogP contribution in [0.25, 0.3) is 0 Å². The van der Waals surface area contributed by atoms with Crippen LogP contribution in [-0.4, -0.2) is 22.1 Å². The van der Waals surface area contributed by atoms with Crippen molar-refractivity contribution in [3.05, 3.63) is 17.5 Å². The Hall–Kier alpha value is -1.32. The predicted octanol–water partition coefficient (Wildman–Crippen LogP) is 2.99. The topological polar surface area (TPSA) is 57.8 Å². The molecular weight excluding hydrogens is 274 g/mol. The molecule has 0 spiro atoms. The molecule has 4 heteroatoms. The lowest BCUT2D eigenvalue weighted by Gasteiger charge is -2.41. The van der Waals surface area contributed by atoms with E-state index in [4.69, 9.17) is 0 Å². The van der Waals surface area contributed by atoms with E-state index < -0.39 is 0 Å². The molecule has 1 aromatic rings. The number of nitrogens with one attached hydrogen (secondary N) is 2. The van der Waals surface area contributed by atoms with Gasteiger partial charge in [0.25, 0.3) is 0 Å². The Bertz CT molecular complexity index is 536. The van der Waals surface area contributed by atoms with Crippen molar-refractivity contribution in [1.29, 1.82) is 0 Å². The lowest BCUT2D eigenvalue weighted by Crippen LogP contribution is -2.46. The minimum absolute atomic E-state index is 0.282. The molecule has 2 N–H and O–H groups in total. The summed E-state index contributed by atoms with van der Waals surface area (Å²) < 4.78 is 0. The second kappa shape index (κ2) is 6.05. The Morgan fingerprint density at radius 3 is 2.95 bits per heavy atom. The smallest absolute Gasteiger partial charge is 0.223 e. The van der Waals surface area contributed by atoms with Crippen molar-refractivity contribution in [1.82, 2.24) is 15.5 Å². The monoisotopic (exact) mass is 301 g/mol. The number of aromatic amines is 1. The normalized spacial score (nSPS) is 34.5. The van der Waals surface area contributed by atoms with Crippen molar-refractivity contribution in [3.8, 4) is 0 Å². The van der Waals surface area contributed by atoms with Crippen molar-refractivity contribution < 1.29 is 4.79 Å². The summed E-state index contributed by atoms with van der Waals surface area (Å²) in [5, 5.41) is 10.6. The minimum atomic E-state index is 0.282. The van der Waals surface area contributed by atoms with E-state index in [0.29, 0.717) is 17.9 Å². The zero-order chi connectivity index (χ0) is 14.9. The number of aryl methyl sites for hydroxylation is 1. The lowest BCUT2D eigenvalue weighted by atomic mass is 9.65. The SMILES string of the molecule is O=C(NC1CCc2[nH]ncc2C1)C1CCCC2CCCCC21. The predicted molar refractivity (Wildman–Crippen MR) is 85.3 cm³/mol. The van der Waals surface area contributed by atoms with Crippen LogP contribution in [0.5, 0.6) is 0 Å². The first kappa shape index (κ1) is 14.3. The van der Waals surface area contributed by atoms with Gasteiger partial charge in [0.2, 0.25) is 5.91 Å².